The summed E-state index contributed by atoms with van der Waals surface area (Å²) in [5, 5.41) is 10.5. The first-order valence-electron chi connectivity index (χ1n) is 6.74. The van der Waals surface area contributed by atoms with Gasteiger partial charge >= 0.3 is 0 Å². The van der Waals surface area contributed by atoms with Crippen LogP contribution in [-0.4, -0.2) is 27.8 Å². The number of hydrogen-bond donors (Lipinski definition) is 1. The van der Waals surface area contributed by atoms with Crippen molar-refractivity contribution in [3.8, 4) is 5.75 Å². The molecule has 3 nitrogen and oxygen atoms in total. The van der Waals surface area contributed by atoms with E-state index in [9.17, 15) is 9.90 Å². The first kappa shape index (κ1) is 16.0. The molecular weight excluding hydrogens is 306 g/mol. The van der Waals surface area contributed by atoms with Gasteiger partial charge in [0.1, 0.15) is 5.75 Å². The Labute approximate surface area is 123 Å². The summed E-state index contributed by atoms with van der Waals surface area (Å²) < 4.78 is 0. The van der Waals surface area contributed by atoms with Crippen LogP contribution in [0.25, 0.3) is 0 Å². The van der Waals surface area contributed by atoms with Crippen LogP contribution in [0, 0.1) is 0 Å². The molecule has 1 amide bonds. The lowest BCUT2D eigenvalue weighted by Gasteiger charge is -2.28. The van der Waals surface area contributed by atoms with Gasteiger partial charge in [0.25, 0.3) is 0 Å². The number of rotatable bonds is 7. The van der Waals surface area contributed by atoms with Crippen LogP contribution in [0.1, 0.15) is 44.7 Å². The third kappa shape index (κ3) is 4.86. The number of hydrogen-bond acceptors (Lipinski definition) is 2. The van der Waals surface area contributed by atoms with Crippen molar-refractivity contribution in [2.24, 2.45) is 0 Å². The van der Waals surface area contributed by atoms with Crippen molar-refractivity contribution in [2.75, 3.05) is 11.9 Å². The second kappa shape index (κ2) is 8.20. The molecule has 0 saturated heterocycles. The average molecular weight is 328 g/mol. The monoisotopic (exact) mass is 327 g/mol. The molecule has 0 spiro atoms. The molecule has 0 aromatic heterocycles. The number of carbonyl (C=O) groups is 1. The minimum atomic E-state index is -0.00595. The molecular formula is C15H22BrNO2. The van der Waals surface area contributed by atoms with Crippen LogP contribution < -0.4 is 0 Å². The van der Waals surface area contributed by atoms with Gasteiger partial charge < -0.3 is 10.0 Å². The van der Waals surface area contributed by atoms with Gasteiger partial charge in [0.2, 0.25) is 5.91 Å². The SMILES string of the molecule is CCN(C(=O)CCCCBr)C(C)c1cccc(O)c1. The van der Waals surface area contributed by atoms with Gasteiger partial charge in [-0.1, -0.05) is 28.1 Å². The number of halogens is 1. The third-order valence-electron chi connectivity index (χ3n) is 3.26. The minimum Gasteiger partial charge on any atom is -0.508 e. The maximum atomic E-state index is 12.2. The number of benzene rings is 1. The fraction of sp³-hybridized carbons (Fsp3) is 0.533. The maximum Gasteiger partial charge on any atom is 0.223 e. The van der Waals surface area contributed by atoms with E-state index in [1.165, 1.54) is 0 Å². The van der Waals surface area contributed by atoms with Crippen LogP contribution in [0.2, 0.25) is 0 Å². The minimum absolute atomic E-state index is 0.00595. The van der Waals surface area contributed by atoms with Crippen LogP contribution in [0.15, 0.2) is 24.3 Å². The molecule has 1 unspecified atom stereocenters. The molecule has 0 aliphatic rings. The van der Waals surface area contributed by atoms with Gasteiger partial charge in [-0.2, -0.15) is 0 Å². The normalized spacial score (nSPS) is 12.2. The Balaban J connectivity index is 2.70. The molecule has 0 saturated carbocycles. The van der Waals surface area contributed by atoms with Crippen LogP contribution >= 0.6 is 15.9 Å². The Morgan fingerprint density at radius 1 is 1.42 bits per heavy atom. The molecule has 0 aliphatic carbocycles. The molecule has 1 N–H and O–H groups in total. The second-order valence-electron chi connectivity index (χ2n) is 4.60. The molecule has 19 heavy (non-hydrogen) atoms. The number of phenolic OH excluding ortho intramolecular Hbond substituents is 1. The lowest BCUT2D eigenvalue weighted by molar-refractivity contribution is -0.133. The second-order valence-corrected chi connectivity index (χ2v) is 5.39. The number of carbonyl (C=O) groups excluding carboxylic acids is 1. The first-order chi connectivity index (χ1) is 9.10. The molecule has 0 bridgehead atoms. The summed E-state index contributed by atoms with van der Waals surface area (Å²) in [7, 11) is 0. The molecule has 4 heteroatoms. The highest BCUT2D eigenvalue weighted by Gasteiger charge is 2.19. The van der Waals surface area contributed by atoms with E-state index in [0.717, 1.165) is 23.7 Å². The summed E-state index contributed by atoms with van der Waals surface area (Å²) >= 11 is 3.37. The predicted molar refractivity (Wildman–Crippen MR) is 81.6 cm³/mol. The van der Waals surface area contributed by atoms with Crippen molar-refractivity contribution in [3.63, 3.8) is 0 Å². The molecule has 0 fully saturated rings. The summed E-state index contributed by atoms with van der Waals surface area (Å²) in [5.41, 5.74) is 0.968. The smallest absolute Gasteiger partial charge is 0.223 e. The highest BCUT2D eigenvalue weighted by molar-refractivity contribution is 9.09. The molecule has 0 radical (unpaired) electrons. The summed E-state index contributed by atoms with van der Waals surface area (Å²) in [4.78, 5) is 14.1. The number of amides is 1. The largest absolute Gasteiger partial charge is 0.508 e. The Bertz CT molecular complexity index is 409. The van der Waals surface area contributed by atoms with E-state index in [4.69, 9.17) is 0 Å². The summed E-state index contributed by atoms with van der Waals surface area (Å²) in [6, 6.07) is 7.11. The van der Waals surface area contributed by atoms with E-state index in [0.29, 0.717) is 13.0 Å². The van der Waals surface area contributed by atoms with Crippen molar-refractivity contribution in [2.45, 2.75) is 39.2 Å². The van der Waals surface area contributed by atoms with Crippen molar-refractivity contribution < 1.29 is 9.90 Å². The highest BCUT2D eigenvalue weighted by atomic mass is 79.9. The maximum absolute atomic E-state index is 12.2. The number of phenols is 1. The van der Waals surface area contributed by atoms with E-state index in [1.54, 1.807) is 12.1 Å². The Kier molecular flexibility index (Phi) is 6.92. The van der Waals surface area contributed by atoms with Gasteiger partial charge in [0.05, 0.1) is 6.04 Å². The molecule has 0 heterocycles. The lowest BCUT2D eigenvalue weighted by Crippen LogP contribution is -2.33. The van der Waals surface area contributed by atoms with Gasteiger partial charge in [0.15, 0.2) is 0 Å². The van der Waals surface area contributed by atoms with E-state index < -0.39 is 0 Å². The van der Waals surface area contributed by atoms with Gasteiger partial charge in [-0.3, -0.25) is 4.79 Å². The molecule has 0 aliphatic heterocycles. The van der Waals surface area contributed by atoms with Crippen molar-refractivity contribution in [1.82, 2.24) is 4.90 Å². The van der Waals surface area contributed by atoms with Crippen molar-refractivity contribution >= 4 is 21.8 Å². The van der Waals surface area contributed by atoms with E-state index in [2.05, 4.69) is 15.9 Å². The van der Waals surface area contributed by atoms with Crippen LogP contribution in [0.4, 0.5) is 0 Å². The molecule has 106 valence electrons. The first-order valence-corrected chi connectivity index (χ1v) is 7.86. The van der Waals surface area contributed by atoms with Crippen LogP contribution in [-0.2, 0) is 4.79 Å². The fourth-order valence-electron chi connectivity index (χ4n) is 2.15. The summed E-state index contributed by atoms with van der Waals surface area (Å²) in [6.07, 6.45) is 2.51. The van der Waals surface area contributed by atoms with Gasteiger partial charge in [-0.25, -0.2) is 0 Å². The van der Waals surface area contributed by atoms with Crippen molar-refractivity contribution in [1.29, 1.82) is 0 Å². The number of alkyl halides is 1. The van der Waals surface area contributed by atoms with E-state index in [-0.39, 0.29) is 17.7 Å². The Morgan fingerprint density at radius 3 is 2.74 bits per heavy atom. The Hall–Kier alpha value is -1.03. The zero-order valence-electron chi connectivity index (χ0n) is 11.6. The van der Waals surface area contributed by atoms with Crippen molar-refractivity contribution in [3.05, 3.63) is 29.8 Å². The summed E-state index contributed by atoms with van der Waals surface area (Å²) in [6.45, 7) is 4.67. The highest BCUT2D eigenvalue weighted by Crippen LogP contribution is 2.24. The number of nitrogens with zero attached hydrogens (tertiary/aromatic N) is 1. The number of unbranched alkanes of at least 4 members (excludes halogenated alkanes) is 1. The molecule has 1 aromatic rings. The molecule has 1 rings (SSSR count). The standard InChI is InChI=1S/C15H22BrNO2/c1-3-17(15(19)9-4-5-10-16)12(2)13-7-6-8-14(18)11-13/h6-8,11-12,18H,3-5,9-10H2,1-2H3. The fourth-order valence-corrected chi connectivity index (χ4v) is 2.54. The zero-order valence-corrected chi connectivity index (χ0v) is 13.2. The average Bonchev–Trinajstić information content (AvgIpc) is 2.39. The molecule has 1 atom stereocenters. The predicted octanol–water partition coefficient (Wildman–Crippen LogP) is 3.87. The van der Waals surface area contributed by atoms with Gasteiger partial charge in [-0.15, -0.1) is 0 Å². The van der Waals surface area contributed by atoms with E-state index in [1.807, 2.05) is 30.9 Å². The lowest BCUT2D eigenvalue weighted by atomic mass is 10.1. The van der Waals surface area contributed by atoms with Crippen LogP contribution in [0.5, 0.6) is 5.75 Å². The van der Waals surface area contributed by atoms with Gasteiger partial charge in [-0.05, 0) is 44.4 Å². The topological polar surface area (TPSA) is 40.5 Å². The zero-order chi connectivity index (χ0) is 14.3. The molecule has 1 aromatic carbocycles. The van der Waals surface area contributed by atoms with Gasteiger partial charge in [0, 0.05) is 18.3 Å². The van der Waals surface area contributed by atoms with E-state index >= 15 is 0 Å². The van der Waals surface area contributed by atoms with Crippen LogP contribution in [0.3, 0.4) is 0 Å². The third-order valence-corrected chi connectivity index (χ3v) is 3.82. The number of aromatic hydroxyl groups is 1. The summed E-state index contributed by atoms with van der Waals surface area (Å²) in [5.74, 6) is 0.423. The quantitative estimate of drug-likeness (QED) is 0.610. The Morgan fingerprint density at radius 2 is 2.16 bits per heavy atom.